The molecule has 0 bridgehead atoms. The molecule has 0 radical (unpaired) electrons. The Morgan fingerprint density at radius 3 is 2.41 bits per heavy atom. The smallest absolute Gasteiger partial charge is 0.195 e. The highest BCUT2D eigenvalue weighted by Gasteiger charge is 2.12. The predicted molar refractivity (Wildman–Crippen MR) is 70.6 cm³/mol. The SMILES string of the molecule is CNc1ccc(C)cc1C(=O)c1ccccc1. The molecule has 1 N–H and O–H groups in total. The molecule has 0 fully saturated rings. The van der Waals surface area contributed by atoms with Crippen molar-refractivity contribution in [2.45, 2.75) is 6.92 Å². The summed E-state index contributed by atoms with van der Waals surface area (Å²) in [7, 11) is 1.83. The molecule has 0 heterocycles. The van der Waals surface area contributed by atoms with Crippen LogP contribution < -0.4 is 5.32 Å². The van der Waals surface area contributed by atoms with Gasteiger partial charge in [0.25, 0.3) is 0 Å². The average Bonchev–Trinajstić information content (AvgIpc) is 2.39. The lowest BCUT2D eigenvalue weighted by Gasteiger charge is -2.09. The van der Waals surface area contributed by atoms with Crippen LogP contribution in [0.15, 0.2) is 48.5 Å². The highest BCUT2D eigenvalue weighted by atomic mass is 16.1. The maximum atomic E-state index is 12.3. The molecule has 0 saturated heterocycles. The van der Waals surface area contributed by atoms with Gasteiger partial charge in [-0.2, -0.15) is 0 Å². The zero-order chi connectivity index (χ0) is 12.3. The molecule has 0 aromatic heterocycles. The first-order valence-corrected chi connectivity index (χ1v) is 5.60. The van der Waals surface area contributed by atoms with Crippen molar-refractivity contribution in [3.63, 3.8) is 0 Å². The number of ketones is 1. The highest BCUT2D eigenvalue weighted by Crippen LogP contribution is 2.20. The number of nitrogens with one attached hydrogen (secondary N) is 1. The first-order chi connectivity index (χ1) is 8.22. The Morgan fingerprint density at radius 1 is 1.06 bits per heavy atom. The summed E-state index contributed by atoms with van der Waals surface area (Å²) in [5.74, 6) is 0.0543. The molecule has 0 aliphatic carbocycles. The molecule has 2 rings (SSSR count). The van der Waals surface area contributed by atoms with E-state index in [0.717, 1.165) is 22.4 Å². The Kier molecular flexibility index (Phi) is 3.24. The van der Waals surface area contributed by atoms with Gasteiger partial charge >= 0.3 is 0 Å². The van der Waals surface area contributed by atoms with Crippen LogP contribution in [0, 0.1) is 6.92 Å². The lowest BCUT2D eigenvalue weighted by Crippen LogP contribution is -2.05. The van der Waals surface area contributed by atoms with Crippen LogP contribution in [0.5, 0.6) is 0 Å². The first kappa shape index (κ1) is 11.4. The molecule has 2 heteroatoms. The van der Waals surface area contributed by atoms with E-state index in [-0.39, 0.29) is 5.78 Å². The van der Waals surface area contributed by atoms with Crippen molar-refractivity contribution < 1.29 is 4.79 Å². The van der Waals surface area contributed by atoms with E-state index in [9.17, 15) is 4.79 Å². The van der Waals surface area contributed by atoms with Gasteiger partial charge in [-0.15, -0.1) is 0 Å². The molecule has 0 atom stereocenters. The second-order valence-corrected chi connectivity index (χ2v) is 3.99. The third kappa shape index (κ3) is 2.36. The van der Waals surface area contributed by atoms with E-state index >= 15 is 0 Å². The summed E-state index contributed by atoms with van der Waals surface area (Å²) in [4.78, 5) is 12.3. The highest BCUT2D eigenvalue weighted by molar-refractivity contribution is 6.12. The minimum Gasteiger partial charge on any atom is -0.388 e. The molecule has 2 aromatic carbocycles. The fourth-order valence-corrected chi connectivity index (χ4v) is 1.81. The number of carbonyl (C=O) groups is 1. The number of hydrogen-bond acceptors (Lipinski definition) is 2. The Balaban J connectivity index is 2.47. The third-order valence-corrected chi connectivity index (χ3v) is 2.73. The lowest BCUT2D eigenvalue weighted by molar-refractivity contribution is 0.103. The summed E-state index contributed by atoms with van der Waals surface area (Å²) in [5, 5.41) is 3.05. The molecule has 0 amide bonds. The molecule has 17 heavy (non-hydrogen) atoms. The van der Waals surface area contributed by atoms with E-state index in [2.05, 4.69) is 5.32 Å². The molecule has 86 valence electrons. The van der Waals surface area contributed by atoms with Crippen LogP contribution in [0.4, 0.5) is 5.69 Å². The Bertz CT molecular complexity index is 532. The summed E-state index contributed by atoms with van der Waals surface area (Å²) in [6.45, 7) is 1.99. The van der Waals surface area contributed by atoms with Gasteiger partial charge in [0.15, 0.2) is 5.78 Å². The minimum absolute atomic E-state index is 0.0543. The van der Waals surface area contributed by atoms with Gasteiger partial charge < -0.3 is 5.32 Å². The van der Waals surface area contributed by atoms with Gasteiger partial charge in [0.05, 0.1) is 0 Å². The number of carbonyl (C=O) groups excluding carboxylic acids is 1. The van der Waals surface area contributed by atoms with Gasteiger partial charge in [-0.05, 0) is 19.1 Å². The summed E-state index contributed by atoms with van der Waals surface area (Å²) < 4.78 is 0. The topological polar surface area (TPSA) is 29.1 Å². The minimum atomic E-state index is 0.0543. The van der Waals surface area contributed by atoms with Crippen molar-refractivity contribution in [1.82, 2.24) is 0 Å². The Labute approximate surface area is 101 Å². The number of aryl methyl sites for hydroxylation is 1. The van der Waals surface area contributed by atoms with Crippen LogP contribution >= 0.6 is 0 Å². The zero-order valence-corrected chi connectivity index (χ0v) is 10.0. The van der Waals surface area contributed by atoms with Crippen molar-refractivity contribution in [2.75, 3.05) is 12.4 Å². The molecule has 0 saturated carbocycles. The number of anilines is 1. The van der Waals surface area contributed by atoms with Crippen LogP contribution in [-0.4, -0.2) is 12.8 Å². The maximum absolute atomic E-state index is 12.3. The number of benzene rings is 2. The molecule has 0 aliphatic heterocycles. The number of rotatable bonds is 3. The standard InChI is InChI=1S/C15H15NO/c1-11-8-9-14(16-2)13(10-11)15(17)12-6-4-3-5-7-12/h3-10,16H,1-2H3. The second-order valence-electron chi connectivity index (χ2n) is 3.99. The molecule has 0 aliphatic rings. The molecular formula is C15H15NO. The van der Waals surface area contributed by atoms with Gasteiger partial charge in [-0.3, -0.25) is 4.79 Å². The van der Waals surface area contributed by atoms with E-state index < -0.39 is 0 Å². The van der Waals surface area contributed by atoms with Crippen LogP contribution in [0.2, 0.25) is 0 Å². The van der Waals surface area contributed by atoms with E-state index in [1.54, 1.807) is 0 Å². The van der Waals surface area contributed by atoms with Gasteiger partial charge in [-0.25, -0.2) is 0 Å². The average molecular weight is 225 g/mol. The van der Waals surface area contributed by atoms with E-state index in [0.29, 0.717) is 0 Å². The van der Waals surface area contributed by atoms with Gasteiger partial charge in [0.2, 0.25) is 0 Å². The second kappa shape index (κ2) is 4.83. The molecule has 2 nitrogen and oxygen atoms in total. The van der Waals surface area contributed by atoms with Gasteiger partial charge in [-0.1, -0.05) is 42.0 Å². The van der Waals surface area contributed by atoms with E-state index in [4.69, 9.17) is 0 Å². The fourth-order valence-electron chi connectivity index (χ4n) is 1.81. The van der Waals surface area contributed by atoms with Crippen molar-refractivity contribution >= 4 is 11.5 Å². The molecule has 0 spiro atoms. The van der Waals surface area contributed by atoms with Crippen LogP contribution in [0.1, 0.15) is 21.5 Å². The quantitative estimate of drug-likeness (QED) is 0.812. The predicted octanol–water partition coefficient (Wildman–Crippen LogP) is 3.27. The largest absolute Gasteiger partial charge is 0.388 e. The number of hydrogen-bond donors (Lipinski definition) is 1. The first-order valence-electron chi connectivity index (χ1n) is 5.60. The monoisotopic (exact) mass is 225 g/mol. The fraction of sp³-hybridized carbons (Fsp3) is 0.133. The van der Waals surface area contributed by atoms with Crippen molar-refractivity contribution in [3.05, 3.63) is 65.2 Å². The van der Waals surface area contributed by atoms with Crippen LogP contribution in [-0.2, 0) is 0 Å². The molecule has 2 aromatic rings. The lowest BCUT2D eigenvalue weighted by atomic mass is 10.00. The van der Waals surface area contributed by atoms with Crippen molar-refractivity contribution in [1.29, 1.82) is 0 Å². The van der Waals surface area contributed by atoms with E-state index in [1.165, 1.54) is 0 Å². The normalized spacial score (nSPS) is 10.0. The summed E-state index contributed by atoms with van der Waals surface area (Å²) in [5.41, 5.74) is 3.39. The summed E-state index contributed by atoms with van der Waals surface area (Å²) in [6, 6.07) is 15.2. The third-order valence-electron chi connectivity index (χ3n) is 2.73. The van der Waals surface area contributed by atoms with Crippen molar-refractivity contribution in [3.8, 4) is 0 Å². The molecule has 0 unspecified atom stereocenters. The Hall–Kier alpha value is -2.09. The van der Waals surface area contributed by atoms with Gasteiger partial charge in [0, 0.05) is 23.9 Å². The van der Waals surface area contributed by atoms with Crippen molar-refractivity contribution in [2.24, 2.45) is 0 Å². The Morgan fingerprint density at radius 2 is 1.76 bits per heavy atom. The molecular weight excluding hydrogens is 210 g/mol. The van der Waals surface area contributed by atoms with Gasteiger partial charge in [0.1, 0.15) is 0 Å². The van der Waals surface area contributed by atoms with Crippen LogP contribution in [0.25, 0.3) is 0 Å². The summed E-state index contributed by atoms with van der Waals surface area (Å²) >= 11 is 0. The van der Waals surface area contributed by atoms with E-state index in [1.807, 2.05) is 62.5 Å². The maximum Gasteiger partial charge on any atom is 0.195 e. The van der Waals surface area contributed by atoms with Crippen LogP contribution in [0.3, 0.4) is 0 Å². The zero-order valence-electron chi connectivity index (χ0n) is 10.0. The summed E-state index contributed by atoms with van der Waals surface area (Å²) in [6.07, 6.45) is 0.